The maximum atomic E-state index is 12.5. The van der Waals surface area contributed by atoms with Crippen LogP contribution in [0.3, 0.4) is 0 Å². The van der Waals surface area contributed by atoms with E-state index in [1.807, 2.05) is 17.3 Å². The number of rotatable bonds is 8. The van der Waals surface area contributed by atoms with Gasteiger partial charge in [-0.1, -0.05) is 68.8 Å². The lowest BCUT2D eigenvalue weighted by molar-refractivity contribution is -0.131. The number of methoxy groups -OCH3 is 1. The first kappa shape index (κ1) is 34.5. The van der Waals surface area contributed by atoms with Gasteiger partial charge in [0.2, 0.25) is 5.91 Å². The van der Waals surface area contributed by atoms with Crippen molar-refractivity contribution in [1.29, 1.82) is 0 Å². The van der Waals surface area contributed by atoms with Gasteiger partial charge in [0.25, 0.3) is 6.47 Å². The van der Waals surface area contributed by atoms with Crippen LogP contribution in [0.15, 0.2) is 73.1 Å². The molecule has 2 aromatic heterocycles. The predicted molar refractivity (Wildman–Crippen MR) is 191 cm³/mol. The molecular weight excluding hydrogens is 602 g/mol. The Kier molecular flexibility index (Phi) is 12.1. The van der Waals surface area contributed by atoms with E-state index in [0.717, 1.165) is 66.5 Å². The maximum Gasteiger partial charge on any atom is 0.292 e. The third-order valence-corrected chi connectivity index (χ3v) is 8.57. The van der Waals surface area contributed by atoms with Crippen LogP contribution in [0.1, 0.15) is 69.7 Å². The second kappa shape index (κ2) is 16.9. The monoisotopic (exact) mass is 649 g/mol. The van der Waals surface area contributed by atoms with Crippen molar-refractivity contribution >= 4 is 23.2 Å². The fourth-order valence-electron chi connectivity index (χ4n) is 6.27. The predicted octanol–water partition coefficient (Wildman–Crippen LogP) is 6.80. The summed E-state index contributed by atoms with van der Waals surface area (Å²) < 4.78 is 3.86. The van der Waals surface area contributed by atoms with E-state index in [4.69, 9.17) is 4.79 Å². The summed E-state index contributed by atoms with van der Waals surface area (Å²) in [5.74, 6) is 2.01. The molecule has 2 aliphatic heterocycles. The molecule has 4 N–H and O–H groups in total. The van der Waals surface area contributed by atoms with Gasteiger partial charge in [0.1, 0.15) is 11.6 Å². The van der Waals surface area contributed by atoms with E-state index in [9.17, 15) is 4.79 Å². The second-order valence-electron chi connectivity index (χ2n) is 12.2. The van der Waals surface area contributed by atoms with Crippen molar-refractivity contribution in [2.24, 2.45) is 0 Å². The third-order valence-electron chi connectivity index (χ3n) is 8.57. The molecule has 2 aliphatic rings. The molecular formula is C38H47N7O3. The number of imidazole rings is 2. The molecule has 4 heterocycles. The Balaban J connectivity index is 0.000000592. The largest absolute Gasteiger partial charge is 0.471 e. The molecule has 0 spiro atoms. The molecule has 1 amide bonds. The molecule has 2 fully saturated rings. The molecule has 10 nitrogen and oxygen atoms in total. The van der Waals surface area contributed by atoms with Crippen molar-refractivity contribution in [2.45, 2.75) is 58.0 Å². The molecule has 3 aromatic carbocycles. The number of hydrogen-bond acceptors (Lipinski definition) is 7. The number of benzene rings is 3. The number of amides is 1. The van der Waals surface area contributed by atoms with E-state index in [-0.39, 0.29) is 11.9 Å². The van der Waals surface area contributed by atoms with Crippen LogP contribution in [0.4, 0.5) is 0 Å². The van der Waals surface area contributed by atoms with Crippen molar-refractivity contribution in [3.8, 4) is 33.6 Å². The van der Waals surface area contributed by atoms with Crippen LogP contribution in [-0.4, -0.2) is 71.0 Å². The third kappa shape index (κ3) is 8.18. The molecule has 10 heteroatoms. The van der Waals surface area contributed by atoms with Crippen LogP contribution in [-0.2, 0) is 14.3 Å². The minimum Gasteiger partial charge on any atom is -0.471 e. The lowest BCUT2D eigenvalue weighted by Gasteiger charge is -2.23. The normalized spacial score (nSPS) is 17.0. The number of ether oxygens (including phenoxy) is 1. The Morgan fingerprint density at radius 2 is 1.46 bits per heavy atom. The number of nitrogens with one attached hydrogen (secondary N) is 4. The molecule has 0 aliphatic carbocycles. The van der Waals surface area contributed by atoms with Gasteiger partial charge in [0, 0.05) is 12.1 Å². The van der Waals surface area contributed by atoms with E-state index < -0.39 is 0 Å². The number of hydrogen-bond donors (Lipinski definition) is 4. The van der Waals surface area contributed by atoms with Crippen LogP contribution in [0.5, 0.6) is 0 Å². The quantitative estimate of drug-likeness (QED) is 0.136. The molecule has 2 unspecified atom stereocenters. The molecule has 0 bridgehead atoms. The number of nitrogens with zero attached hydrogens (tertiary/aromatic N) is 3. The lowest BCUT2D eigenvalue weighted by atomic mass is 9.98. The number of fused-ring (bicyclic) bond motifs is 1. The number of carbonyl (C=O) groups excluding carboxylic acids is 2. The van der Waals surface area contributed by atoms with Gasteiger partial charge in [-0.2, -0.15) is 0 Å². The number of H-pyrrole nitrogens is 2. The number of likely N-dealkylation sites (N-methyl/N-ethyl adjacent to an activating group) is 1. The Morgan fingerprint density at radius 1 is 0.875 bits per heavy atom. The molecule has 7 rings (SSSR count). The molecule has 2 saturated heterocycles. The van der Waals surface area contributed by atoms with Crippen molar-refractivity contribution in [2.75, 3.05) is 33.8 Å². The summed E-state index contributed by atoms with van der Waals surface area (Å²) in [6.45, 7) is 6.82. The minimum absolute atomic E-state index is 0.0154. The van der Waals surface area contributed by atoms with Crippen molar-refractivity contribution in [3.63, 3.8) is 0 Å². The van der Waals surface area contributed by atoms with Crippen molar-refractivity contribution in [1.82, 2.24) is 35.5 Å². The number of likely N-dealkylation sites (tertiary alicyclic amines) is 1. The zero-order valence-electron chi connectivity index (χ0n) is 28.4. The van der Waals surface area contributed by atoms with Crippen LogP contribution in [0, 0.1) is 0 Å². The first-order valence-corrected chi connectivity index (χ1v) is 16.9. The molecule has 48 heavy (non-hydrogen) atoms. The van der Waals surface area contributed by atoms with E-state index >= 15 is 0 Å². The van der Waals surface area contributed by atoms with Crippen LogP contribution < -0.4 is 10.6 Å². The highest BCUT2D eigenvalue weighted by molar-refractivity contribution is 5.90. The summed E-state index contributed by atoms with van der Waals surface area (Å²) in [6.07, 6.45) is 9.35. The highest BCUT2D eigenvalue weighted by Crippen LogP contribution is 2.33. The topological polar surface area (TPSA) is 128 Å². The van der Waals surface area contributed by atoms with Gasteiger partial charge in [-0.05, 0) is 78.9 Å². The van der Waals surface area contributed by atoms with E-state index in [1.54, 1.807) is 7.05 Å². The summed E-state index contributed by atoms with van der Waals surface area (Å²) in [4.78, 5) is 39.7. The summed E-state index contributed by atoms with van der Waals surface area (Å²) in [6, 6.07) is 22.2. The van der Waals surface area contributed by atoms with Gasteiger partial charge in [-0.15, -0.1) is 0 Å². The molecule has 0 radical (unpaired) electrons. The summed E-state index contributed by atoms with van der Waals surface area (Å²) in [5.41, 5.74) is 6.61. The van der Waals surface area contributed by atoms with Gasteiger partial charge in [0.15, 0.2) is 0 Å². The van der Waals surface area contributed by atoms with Crippen LogP contribution in [0.25, 0.3) is 44.4 Å². The average molecular weight is 650 g/mol. The highest BCUT2D eigenvalue weighted by atomic mass is 16.5. The first-order valence-electron chi connectivity index (χ1n) is 16.9. The van der Waals surface area contributed by atoms with Gasteiger partial charge in [-0.25, -0.2) is 9.97 Å². The Labute approximate surface area is 282 Å². The second-order valence-corrected chi connectivity index (χ2v) is 12.2. The van der Waals surface area contributed by atoms with Crippen molar-refractivity contribution < 1.29 is 14.3 Å². The standard InChI is InChI=1S/C33H35N7O.C3H8.C2H4O2/c1-34-20-31(41)40-15-3-5-30(40)33-37-18-28(39-33)22-8-6-21(7-9-22)23-10-11-25-17-26(13-12-24(25)16-23)29-19-36-32(38-29)27-4-2-14-35-27;1-3-2;1-4-2-3/h6-13,16-19,27,30,34-35H,2-5,14-15,20H2,1H3,(H,36,38)(H,37,39);3H2,1-2H3;2H,1H3. The fraction of sp³-hybridized carbons (Fsp3) is 0.368. The van der Waals surface area contributed by atoms with E-state index in [1.165, 1.54) is 41.9 Å². The lowest BCUT2D eigenvalue weighted by Crippen LogP contribution is -2.37. The highest BCUT2D eigenvalue weighted by Gasteiger charge is 2.31. The van der Waals surface area contributed by atoms with Crippen LogP contribution >= 0.6 is 0 Å². The van der Waals surface area contributed by atoms with Gasteiger partial charge >= 0.3 is 0 Å². The molecule has 252 valence electrons. The Morgan fingerprint density at radius 3 is 2.10 bits per heavy atom. The number of aromatic nitrogens is 4. The van der Waals surface area contributed by atoms with Gasteiger partial charge in [0.05, 0.1) is 49.5 Å². The zero-order valence-corrected chi connectivity index (χ0v) is 28.4. The van der Waals surface area contributed by atoms with E-state index in [0.29, 0.717) is 19.1 Å². The zero-order chi connectivity index (χ0) is 33.9. The number of carbonyl (C=O) groups is 2. The number of aromatic amines is 2. The average Bonchev–Trinajstić information content (AvgIpc) is 3.95. The van der Waals surface area contributed by atoms with Crippen LogP contribution in [0.2, 0.25) is 0 Å². The minimum atomic E-state index is 0.0154. The van der Waals surface area contributed by atoms with Gasteiger partial charge < -0.3 is 30.2 Å². The maximum absolute atomic E-state index is 12.5. The van der Waals surface area contributed by atoms with Crippen molar-refractivity contribution in [3.05, 3.63) is 84.7 Å². The first-order chi connectivity index (χ1) is 23.5. The SMILES string of the molecule is CCC.CNCC(=O)N1CCCC1c1ncc(-c2ccc(-c3ccc4cc(-c5cnc(C6CCCN6)[nH]5)ccc4c3)cc2)[nH]1.COC=O. The smallest absolute Gasteiger partial charge is 0.292 e. The van der Waals surface area contributed by atoms with Gasteiger partial charge in [-0.3, -0.25) is 9.59 Å². The Bertz CT molecular complexity index is 1770. The fourth-order valence-corrected chi connectivity index (χ4v) is 6.27. The summed E-state index contributed by atoms with van der Waals surface area (Å²) in [7, 11) is 3.12. The molecule has 5 aromatic rings. The molecule has 2 atom stereocenters. The molecule has 0 saturated carbocycles. The van der Waals surface area contributed by atoms with E-state index in [2.05, 4.69) is 110 Å². The Hall–Kier alpha value is -4.80. The summed E-state index contributed by atoms with van der Waals surface area (Å²) in [5, 5.41) is 8.89. The summed E-state index contributed by atoms with van der Waals surface area (Å²) >= 11 is 0.